The fourth-order valence-electron chi connectivity index (χ4n) is 2.89. The summed E-state index contributed by atoms with van der Waals surface area (Å²) in [5.74, 6) is 0.980. The summed E-state index contributed by atoms with van der Waals surface area (Å²) in [4.78, 5) is 9.26. The number of piperazine rings is 1. The molecule has 5 heteroatoms. The van der Waals surface area contributed by atoms with Crippen molar-refractivity contribution in [3.05, 3.63) is 35.9 Å². The number of hydrogen-bond donors (Lipinski definition) is 1. The largest absolute Gasteiger partial charge is 0.392 e. The van der Waals surface area contributed by atoms with Crippen LogP contribution < -0.4 is 4.90 Å². The van der Waals surface area contributed by atoms with Crippen LogP contribution in [0.5, 0.6) is 0 Å². The maximum Gasteiger partial charge on any atom is 0.129 e. The van der Waals surface area contributed by atoms with Crippen molar-refractivity contribution in [3.8, 4) is 6.07 Å². The molecule has 1 aliphatic rings. The van der Waals surface area contributed by atoms with Crippen LogP contribution in [0.2, 0.25) is 0 Å². The SMILES string of the molecule is C[C@@H](O)CN1CCN(c2ccc3cc(C#N)ccc3n2)CC1. The molecule has 2 heterocycles. The van der Waals surface area contributed by atoms with Gasteiger partial charge in [-0.2, -0.15) is 5.26 Å². The Hall–Kier alpha value is -2.16. The Bertz CT molecular complexity index is 699. The van der Waals surface area contributed by atoms with Crippen LogP contribution in [0.4, 0.5) is 5.82 Å². The van der Waals surface area contributed by atoms with Gasteiger partial charge in [0.25, 0.3) is 0 Å². The van der Waals surface area contributed by atoms with Crippen LogP contribution >= 0.6 is 0 Å². The Kier molecular flexibility index (Phi) is 4.23. The molecule has 0 aliphatic carbocycles. The number of fused-ring (bicyclic) bond motifs is 1. The number of benzene rings is 1. The van der Waals surface area contributed by atoms with Gasteiger partial charge in [0.1, 0.15) is 5.82 Å². The van der Waals surface area contributed by atoms with E-state index in [9.17, 15) is 5.11 Å². The second-order valence-corrected chi connectivity index (χ2v) is 5.83. The Labute approximate surface area is 130 Å². The predicted molar refractivity (Wildman–Crippen MR) is 86.8 cm³/mol. The van der Waals surface area contributed by atoms with Crippen molar-refractivity contribution in [2.24, 2.45) is 0 Å². The van der Waals surface area contributed by atoms with Gasteiger partial charge in [-0.3, -0.25) is 4.90 Å². The Morgan fingerprint density at radius 2 is 2.00 bits per heavy atom. The summed E-state index contributed by atoms with van der Waals surface area (Å²) in [7, 11) is 0. The van der Waals surface area contributed by atoms with Gasteiger partial charge >= 0.3 is 0 Å². The quantitative estimate of drug-likeness (QED) is 0.932. The Morgan fingerprint density at radius 3 is 2.68 bits per heavy atom. The summed E-state index contributed by atoms with van der Waals surface area (Å²) in [5.41, 5.74) is 1.58. The fraction of sp³-hybridized carbons (Fsp3) is 0.412. The van der Waals surface area contributed by atoms with Gasteiger partial charge in [-0.05, 0) is 37.3 Å². The number of aliphatic hydroxyl groups excluding tert-OH is 1. The van der Waals surface area contributed by atoms with E-state index in [4.69, 9.17) is 10.2 Å². The Balaban J connectivity index is 1.73. The van der Waals surface area contributed by atoms with Crippen LogP contribution in [0.3, 0.4) is 0 Å². The third-order valence-electron chi connectivity index (χ3n) is 4.02. The van der Waals surface area contributed by atoms with Crippen LogP contribution in [-0.2, 0) is 0 Å². The monoisotopic (exact) mass is 296 g/mol. The van der Waals surface area contributed by atoms with Crippen molar-refractivity contribution < 1.29 is 5.11 Å². The lowest BCUT2D eigenvalue weighted by Gasteiger charge is -2.35. The molecule has 1 saturated heterocycles. The lowest BCUT2D eigenvalue weighted by atomic mass is 10.1. The molecule has 1 N–H and O–H groups in total. The standard InChI is InChI=1S/C17H20N4O/c1-13(22)12-20-6-8-21(9-7-20)17-5-3-15-10-14(11-18)2-4-16(15)19-17/h2-5,10,13,22H,6-9,12H2,1H3/t13-/m1/s1. The minimum Gasteiger partial charge on any atom is -0.392 e. The molecule has 114 valence electrons. The molecule has 0 saturated carbocycles. The molecule has 1 aromatic heterocycles. The average molecular weight is 296 g/mol. The summed E-state index contributed by atoms with van der Waals surface area (Å²) in [6, 6.07) is 11.8. The van der Waals surface area contributed by atoms with Crippen LogP contribution in [0.15, 0.2) is 30.3 Å². The summed E-state index contributed by atoms with van der Waals surface area (Å²) >= 11 is 0. The first-order chi connectivity index (χ1) is 10.7. The van der Waals surface area contributed by atoms with Crippen molar-refractivity contribution in [2.75, 3.05) is 37.6 Å². The Morgan fingerprint density at radius 1 is 1.23 bits per heavy atom. The van der Waals surface area contributed by atoms with E-state index in [1.165, 1.54) is 0 Å². The molecule has 1 fully saturated rings. The molecule has 0 bridgehead atoms. The molecule has 0 spiro atoms. The molecule has 2 aromatic rings. The van der Waals surface area contributed by atoms with E-state index in [0.29, 0.717) is 5.56 Å². The maximum atomic E-state index is 9.46. The van der Waals surface area contributed by atoms with Crippen LogP contribution in [0.25, 0.3) is 10.9 Å². The number of aliphatic hydroxyl groups is 1. The van der Waals surface area contributed by atoms with E-state index in [0.717, 1.165) is 49.4 Å². The normalized spacial score (nSPS) is 17.4. The van der Waals surface area contributed by atoms with Crippen LogP contribution in [-0.4, -0.2) is 53.8 Å². The molecule has 5 nitrogen and oxygen atoms in total. The number of anilines is 1. The van der Waals surface area contributed by atoms with E-state index in [-0.39, 0.29) is 6.10 Å². The highest BCUT2D eigenvalue weighted by Crippen LogP contribution is 2.20. The fourth-order valence-corrected chi connectivity index (χ4v) is 2.89. The molecule has 0 unspecified atom stereocenters. The smallest absolute Gasteiger partial charge is 0.129 e. The lowest BCUT2D eigenvalue weighted by Crippen LogP contribution is -2.48. The third-order valence-corrected chi connectivity index (χ3v) is 4.02. The zero-order valence-corrected chi connectivity index (χ0v) is 12.7. The minimum absolute atomic E-state index is 0.278. The van der Waals surface area contributed by atoms with Gasteiger partial charge in [0.05, 0.1) is 23.3 Å². The molecule has 0 amide bonds. The van der Waals surface area contributed by atoms with E-state index in [1.54, 1.807) is 6.07 Å². The first-order valence-corrected chi connectivity index (χ1v) is 7.62. The highest BCUT2D eigenvalue weighted by atomic mass is 16.3. The van der Waals surface area contributed by atoms with E-state index in [1.807, 2.05) is 31.2 Å². The number of β-amino-alcohol motifs (C(OH)–C–C–N with tert-alkyl or cyclic N) is 1. The van der Waals surface area contributed by atoms with Crippen molar-refractivity contribution >= 4 is 16.7 Å². The molecule has 1 atom stereocenters. The van der Waals surface area contributed by atoms with Crippen molar-refractivity contribution in [2.45, 2.75) is 13.0 Å². The third kappa shape index (κ3) is 3.19. The highest BCUT2D eigenvalue weighted by Gasteiger charge is 2.19. The molecule has 1 aromatic carbocycles. The molecule has 22 heavy (non-hydrogen) atoms. The van der Waals surface area contributed by atoms with Gasteiger partial charge in [0, 0.05) is 38.1 Å². The van der Waals surface area contributed by atoms with E-state index in [2.05, 4.69) is 15.9 Å². The van der Waals surface area contributed by atoms with Crippen LogP contribution in [0, 0.1) is 11.3 Å². The summed E-state index contributed by atoms with van der Waals surface area (Å²) < 4.78 is 0. The lowest BCUT2D eigenvalue weighted by molar-refractivity contribution is 0.122. The number of nitriles is 1. The second kappa shape index (κ2) is 6.30. The molecule has 3 rings (SSSR count). The van der Waals surface area contributed by atoms with Crippen molar-refractivity contribution in [1.82, 2.24) is 9.88 Å². The molecule has 1 aliphatic heterocycles. The van der Waals surface area contributed by atoms with E-state index < -0.39 is 0 Å². The number of hydrogen-bond acceptors (Lipinski definition) is 5. The number of pyridine rings is 1. The van der Waals surface area contributed by atoms with Gasteiger partial charge < -0.3 is 10.0 Å². The van der Waals surface area contributed by atoms with Gasteiger partial charge in [-0.1, -0.05) is 0 Å². The number of aromatic nitrogens is 1. The zero-order valence-electron chi connectivity index (χ0n) is 12.7. The summed E-state index contributed by atoms with van der Waals surface area (Å²) in [5, 5.41) is 19.4. The first kappa shape index (κ1) is 14.8. The molecular formula is C17H20N4O. The first-order valence-electron chi connectivity index (χ1n) is 7.62. The number of nitrogens with zero attached hydrogens (tertiary/aromatic N) is 4. The van der Waals surface area contributed by atoms with Crippen LogP contribution in [0.1, 0.15) is 12.5 Å². The summed E-state index contributed by atoms with van der Waals surface area (Å²) in [6.45, 7) is 6.28. The topological polar surface area (TPSA) is 63.4 Å². The number of rotatable bonds is 3. The van der Waals surface area contributed by atoms with Gasteiger partial charge in [-0.25, -0.2) is 4.98 Å². The average Bonchev–Trinajstić information content (AvgIpc) is 2.54. The molecule has 0 radical (unpaired) electrons. The minimum atomic E-state index is -0.278. The van der Waals surface area contributed by atoms with Crippen molar-refractivity contribution in [1.29, 1.82) is 5.26 Å². The predicted octanol–water partition coefficient (Wildman–Crippen LogP) is 1.61. The second-order valence-electron chi connectivity index (χ2n) is 5.83. The zero-order chi connectivity index (χ0) is 15.5. The van der Waals surface area contributed by atoms with Gasteiger partial charge in [0.2, 0.25) is 0 Å². The van der Waals surface area contributed by atoms with Gasteiger partial charge in [0.15, 0.2) is 0 Å². The molecular weight excluding hydrogens is 276 g/mol. The van der Waals surface area contributed by atoms with Crippen molar-refractivity contribution in [3.63, 3.8) is 0 Å². The van der Waals surface area contributed by atoms with E-state index >= 15 is 0 Å². The maximum absolute atomic E-state index is 9.46. The summed E-state index contributed by atoms with van der Waals surface area (Å²) in [6.07, 6.45) is -0.278. The highest BCUT2D eigenvalue weighted by molar-refractivity contribution is 5.81. The van der Waals surface area contributed by atoms with Gasteiger partial charge in [-0.15, -0.1) is 0 Å².